The van der Waals surface area contributed by atoms with Crippen LogP contribution in [0.3, 0.4) is 0 Å². The van der Waals surface area contributed by atoms with Gasteiger partial charge in [-0.25, -0.2) is 0 Å². The molecule has 7 heteroatoms. The molecule has 6 nitrogen and oxygen atoms in total. The maximum Gasteiger partial charge on any atom is 0.168 e. The number of phenolic OH excluding ortho intramolecular Hbond substituents is 2. The van der Waals surface area contributed by atoms with Crippen LogP contribution in [0.15, 0.2) is 46.4 Å². The van der Waals surface area contributed by atoms with Gasteiger partial charge in [0.25, 0.3) is 0 Å². The molecule has 0 radical (unpaired) electrons. The molecule has 0 unspecified atom stereocenters. The average molecular weight is 718 g/mol. The maximum atomic E-state index is 10.4. The molecule has 0 heterocycles. The molecule has 3 aromatic rings. The fraction of sp³-hybridized carbons (Fsp3) is 0.524. The van der Waals surface area contributed by atoms with Gasteiger partial charge in [-0.3, -0.25) is 9.98 Å². The SMILES string of the molecule is CC(C)c1cccc(C(C)C)c1N=CC=Nc1c(C(C)C)cccc1C(C)C.COc1c(OC)c(C(C)(C)C)c(O)c(O)c1C(C)(C)C.[Ni]. The Morgan fingerprint density at radius 3 is 0.959 bits per heavy atom. The Balaban J connectivity index is 0.000000507. The number of methoxy groups -OCH3 is 2. The molecule has 0 aromatic heterocycles. The Morgan fingerprint density at radius 1 is 0.531 bits per heavy atom. The van der Waals surface area contributed by atoms with E-state index >= 15 is 0 Å². The normalized spacial score (nSPS) is 12.2. The average Bonchev–Trinajstić information content (AvgIpc) is 2.98. The summed E-state index contributed by atoms with van der Waals surface area (Å²) in [7, 11) is 3.08. The summed E-state index contributed by atoms with van der Waals surface area (Å²) in [6, 6.07) is 13.0. The summed E-state index contributed by atoms with van der Waals surface area (Å²) < 4.78 is 10.9. The summed E-state index contributed by atoms with van der Waals surface area (Å²) in [6.07, 6.45) is 3.71. The number of aliphatic imine (C=N–C) groups is 2. The first-order chi connectivity index (χ1) is 22.2. The number of nitrogens with zero attached hydrogens (tertiary/aromatic N) is 2. The van der Waals surface area contributed by atoms with Crippen LogP contribution in [0.25, 0.3) is 0 Å². The predicted octanol–water partition coefficient (Wildman–Crippen LogP) is 12.0. The van der Waals surface area contributed by atoms with Gasteiger partial charge in [-0.1, -0.05) is 133 Å². The van der Waals surface area contributed by atoms with Crippen molar-refractivity contribution in [3.63, 3.8) is 0 Å². The molecule has 0 aliphatic carbocycles. The van der Waals surface area contributed by atoms with Crippen LogP contribution < -0.4 is 9.47 Å². The van der Waals surface area contributed by atoms with E-state index in [9.17, 15) is 10.2 Å². The topological polar surface area (TPSA) is 83.6 Å². The van der Waals surface area contributed by atoms with Crippen molar-refractivity contribution in [3.05, 3.63) is 69.8 Å². The van der Waals surface area contributed by atoms with Crippen LogP contribution in [0.4, 0.5) is 11.4 Å². The molecule has 0 aliphatic rings. The number of benzene rings is 3. The predicted molar refractivity (Wildman–Crippen MR) is 206 cm³/mol. The zero-order valence-corrected chi connectivity index (χ0v) is 33.8. The van der Waals surface area contributed by atoms with Crippen LogP contribution >= 0.6 is 0 Å². The number of para-hydroxylation sites is 2. The molecule has 0 atom stereocenters. The first kappa shape index (κ1) is 43.7. The number of phenols is 2. The molecule has 3 aromatic carbocycles. The minimum absolute atomic E-state index is 0. The number of hydrogen-bond donors (Lipinski definition) is 2. The van der Waals surface area contributed by atoms with Crippen LogP contribution in [0.1, 0.15) is 154 Å². The van der Waals surface area contributed by atoms with E-state index in [4.69, 9.17) is 19.5 Å². The number of ether oxygens (including phenoxy) is 2. The van der Waals surface area contributed by atoms with E-state index < -0.39 is 10.8 Å². The second kappa shape index (κ2) is 18.1. The molecule has 0 bridgehead atoms. The zero-order chi connectivity index (χ0) is 36.7. The summed E-state index contributed by atoms with van der Waals surface area (Å²) in [6.45, 7) is 29.4. The van der Waals surface area contributed by atoms with Crippen LogP contribution in [-0.4, -0.2) is 36.9 Å². The largest absolute Gasteiger partial charge is 0.504 e. The van der Waals surface area contributed by atoms with Gasteiger partial charge in [0, 0.05) is 40.0 Å². The van der Waals surface area contributed by atoms with Crippen molar-refractivity contribution in [1.29, 1.82) is 0 Å². The Kier molecular flexibility index (Phi) is 16.1. The van der Waals surface area contributed by atoms with Crippen LogP contribution in [0.5, 0.6) is 23.0 Å². The molecule has 0 saturated carbocycles. The monoisotopic (exact) mass is 716 g/mol. The summed E-state index contributed by atoms with van der Waals surface area (Å²) in [5.41, 5.74) is 7.67. The van der Waals surface area contributed by atoms with Crippen LogP contribution in [-0.2, 0) is 27.3 Å². The molecule has 0 amide bonds. The van der Waals surface area contributed by atoms with Crippen molar-refractivity contribution in [3.8, 4) is 23.0 Å². The summed E-state index contributed by atoms with van der Waals surface area (Å²) in [5.74, 6) is 2.43. The standard InChI is InChI=1S/C26H36N2.C16H26O4.Ni/c1-17(2)21-11-9-12-22(18(3)4)25(21)27-15-16-28-26-23(19(5)6)13-10-14-24(26)20(7)8;1-15(2,3)9-11(17)12(18)10(16(4,5)6)14(20-8)13(9)19-7;/h9-20H,1-8H3;17-18H,1-8H3;. The van der Waals surface area contributed by atoms with Gasteiger partial charge in [0.2, 0.25) is 0 Å². The van der Waals surface area contributed by atoms with Gasteiger partial charge in [0.05, 0.1) is 25.6 Å². The second-order valence-corrected chi connectivity index (χ2v) is 15.8. The van der Waals surface area contributed by atoms with E-state index in [-0.39, 0.29) is 28.0 Å². The van der Waals surface area contributed by atoms with Crippen molar-refractivity contribution < 1.29 is 36.2 Å². The van der Waals surface area contributed by atoms with Crippen LogP contribution in [0, 0.1) is 0 Å². The molecule has 2 N–H and O–H groups in total. The first-order valence-corrected chi connectivity index (χ1v) is 17.2. The van der Waals surface area contributed by atoms with Gasteiger partial charge < -0.3 is 19.7 Å². The molecule has 3 rings (SSSR count). The molecule has 274 valence electrons. The van der Waals surface area contributed by atoms with Gasteiger partial charge in [0.1, 0.15) is 0 Å². The smallest absolute Gasteiger partial charge is 0.168 e. The summed E-state index contributed by atoms with van der Waals surface area (Å²) in [5, 5.41) is 20.8. The van der Waals surface area contributed by atoms with Crippen molar-refractivity contribution in [2.75, 3.05) is 14.2 Å². The third-order valence-electron chi connectivity index (χ3n) is 8.43. The minimum Gasteiger partial charge on any atom is -0.504 e. The van der Waals surface area contributed by atoms with Crippen molar-refractivity contribution in [2.45, 2.75) is 131 Å². The first-order valence-electron chi connectivity index (χ1n) is 17.2. The van der Waals surface area contributed by atoms with E-state index in [2.05, 4.69) is 91.8 Å². The molecule has 0 saturated heterocycles. The summed E-state index contributed by atoms with van der Waals surface area (Å²) in [4.78, 5) is 9.68. The van der Waals surface area contributed by atoms with Crippen molar-refractivity contribution in [1.82, 2.24) is 0 Å². The zero-order valence-electron chi connectivity index (χ0n) is 32.8. The van der Waals surface area contributed by atoms with Gasteiger partial charge in [-0.2, -0.15) is 0 Å². The molecule has 0 fully saturated rings. The second-order valence-electron chi connectivity index (χ2n) is 15.8. The minimum atomic E-state index is -0.392. The van der Waals surface area contributed by atoms with E-state index in [1.165, 1.54) is 36.5 Å². The molecular weight excluding hydrogens is 655 g/mol. The third kappa shape index (κ3) is 10.6. The van der Waals surface area contributed by atoms with Gasteiger partial charge in [0.15, 0.2) is 23.0 Å². The summed E-state index contributed by atoms with van der Waals surface area (Å²) >= 11 is 0. The quantitative estimate of drug-likeness (QED) is 0.131. The van der Waals surface area contributed by atoms with E-state index in [0.717, 1.165) is 11.4 Å². The van der Waals surface area contributed by atoms with E-state index in [1.54, 1.807) is 0 Å². The van der Waals surface area contributed by atoms with E-state index in [1.807, 2.05) is 54.0 Å². The molecular formula is C42H62N2NiO4. The Hall–Kier alpha value is -3.31. The number of hydrogen-bond acceptors (Lipinski definition) is 6. The Bertz CT molecular complexity index is 1420. The Morgan fingerprint density at radius 2 is 0.776 bits per heavy atom. The van der Waals surface area contributed by atoms with Gasteiger partial charge in [-0.15, -0.1) is 0 Å². The molecule has 49 heavy (non-hydrogen) atoms. The molecule has 0 aliphatic heterocycles. The van der Waals surface area contributed by atoms with Crippen LogP contribution in [0.2, 0.25) is 0 Å². The van der Waals surface area contributed by atoms with Gasteiger partial charge in [-0.05, 0) is 56.8 Å². The van der Waals surface area contributed by atoms with Gasteiger partial charge >= 0.3 is 0 Å². The third-order valence-corrected chi connectivity index (χ3v) is 8.43. The fourth-order valence-electron chi connectivity index (χ4n) is 6.00. The maximum absolute atomic E-state index is 10.4. The fourth-order valence-corrected chi connectivity index (χ4v) is 6.00. The number of aromatic hydroxyl groups is 2. The molecule has 0 spiro atoms. The van der Waals surface area contributed by atoms with Crippen molar-refractivity contribution in [2.24, 2.45) is 9.98 Å². The Labute approximate surface area is 307 Å². The number of rotatable bonds is 9. The van der Waals surface area contributed by atoms with E-state index in [0.29, 0.717) is 46.3 Å². The van der Waals surface area contributed by atoms with Crippen molar-refractivity contribution >= 4 is 23.8 Å².